The van der Waals surface area contributed by atoms with Crippen LogP contribution in [0.1, 0.15) is 46.1 Å². The Kier molecular flexibility index (Phi) is 7.00. The van der Waals surface area contributed by atoms with Gasteiger partial charge in [-0.1, -0.05) is 30.3 Å². The maximum atomic E-state index is 11.7. The Hall–Kier alpha value is -2.11. The molecule has 0 spiro atoms. The lowest BCUT2D eigenvalue weighted by molar-refractivity contribution is -0.524. The van der Waals surface area contributed by atoms with E-state index in [1.54, 1.807) is 27.7 Å². The molecule has 0 aliphatic carbocycles. The number of hydrogen-bond donors (Lipinski definition) is 1. The first kappa shape index (κ1) is 18.9. The van der Waals surface area contributed by atoms with Gasteiger partial charge < -0.3 is 10.1 Å². The molecule has 1 rings (SSSR count). The van der Waals surface area contributed by atoms with Crippen molar-refractivity contribution >= 4 is 6.09 Å². The minimum Gasteiger partial charge on any atom is -0.444 e. The topological polar surface area (TPSA) is 81.5 Å². The zero-order chi connectivity index (χ0) is 17.5. The van der Waals surface area contributed by atoms with Gasteiger partial charge >= 0.3 is 6.09 Å². The first-order chi connectivity index (χ1) is 10.7. The van der Waals surface area contributed by atoms with Gasteiger partial charge in [-0.2, -0.15) is 0 Å². The van der Waals surface area contributed by atoms with E-state index in [0.29, 0.717) is 12.8 Å². The van der Waals surface area contributed by atoms with Gasteiger partial charge in [-0.25, -0.2) is 4.79 Å². The van der Waals surface area contributed by atoms with Crippen LogP contribution >= 0.6 is 0 Å². The molecule has 1 aromatic rings. The highest BCUT2D eigenvalue weighted by atomic mass is 16.6. The minimum absolute atomic E-state index is 0.268. The average Bonchev–Trinajstić information content (AvgIpc) is 2.42. The van der Waals surface area contributed by atoms with E-state index in [2.05, 4.69) is 5.32 Å². The summed E-state index contributed by atoms with van der Waals surface area (Å²) in [6.07, 6.45) is 0.817. The number of hydrogen-bond acceptors (Lipinski definition) is 4. The van der Waals surface area contributed by atoms with Crippen molar-refractivity contribution in [3.05, 3.63) is 46.0 Å². The maximum absolute atomic E-state index is 11.7. The van der Waals surface area contributed by atoms with Crippen LogP contribution in [0.2, 0.25) is 0 Å². The van der Waals surface area contributed by atoms with Crippen molar-refractivity contribution in [2.75, 3.05) is 0 Å². The van der Waals surface area contributed by atoms with E-state index in [1.165, 1.54) is 0 Å². The second-order valence-electron chi connectivity index (χ2n) is 6.75. The largest absolute Gasteiger partial charge is 0.444 e. The molecule has 0 bridgehead atoms. The molecule has 1 N–H and O–H groups in total. The van der Waals surface area contributed by atoms with Crippen molar-refractivity contribution in [3.63, 3.8) is 0 Å². The van der Waals surface area contributed by atoms with Gasteiger partial charge in [-0.15, -0.1) is 0 Å². The second-order valence-corrected chi connectivity index (χ2v) is 6.75. The zero-order valence-electron chi connectivity index (χ0n) is 14.2. The summed E-state index contributed by atoms with van der Waals surface area (Å²) in [6.45, 7) is 7.08. The van der Waals surface area contributed by atoms with Crippen molar-refractivity contribution in [2.45, 2.75) is 64.6 Å². The molecule has 128 valence electrons. The van der Waals surface area contributed by atoms with Crippen molar-refractivity contribution in [1.29, 1.82) is 0 Å². The summed E-state index contributed by atoms with van der Waals surface area (Å²) in [7, 11) is 0. The number of carbonyl (C=O) groups excluding carboxylic acids is 1. The van der Waals surface area contributed by atoms with Crippen molar-refractivity contribution in [2.24, 2.45) is 0 Å². The summed E-state index contributed by atoms with van der Waals surface area (Å²) in [6, 6.07) is 8.66. The molecule has 0 aromatic heterocycles. The van der Waals surface area contributed by atoms with Gasteiger partial charge in [0.2, 0.25) is 6.04 Å². The molecule has 6 nitrogen and oxygen atoms in total. The molecule has 0 saturated carbocycles. The van der Waals surface area contributed by atoms with Gasteiger partial charge in [-0.3, -0.25) is 10.1 Å². The number of benzene rings is 1. The minimum atomic E-state index is -0.694. The fourth-order valence-electron chi connectivity index (χ4n) is 2.26. The predicted molar refractivity (Wildman–Crippen MR) is 89.0 cm³/mol. The number of carbonyl (C=O) groups is 1. The van der Waals surface area contributed by atoms with E-state index >= 15 is 0 Å². The van der Waals surface area contributed by atoms with Crippen LogP contribution in [0.15, 0.2) is 30.3 Å². The number of amides is 1. The first-order valence-corrected chi connectivity index (χ1v) is 7.84. The number of ether oxygens (including phenoxy) is 1. The molecule has 0 heterocycles. The number of alkyl carbamates (subject to hydrolysis) is 1. The third-order valence-corrected chi connectivity index (χ3v) is 3.30. The van der Waals surface area contributed by atoms with Crippen molar-refractivity contribution in [1.82, 2.24) is 5.32 Å². The highest BCUT2D eigenvalue weighted by Crippen LogP contribution is 2.13. The highest BCUT2D eigenvalue weighted by Gasteiger charge is 2.25. The van der Waals surface area contributed by atoms with E-state index in [0.717, 1.165) is 5.56 Å². The predicted octanol–water partition coefficient (Wildman–Crippen LogP) is 3.57. The smallest absolute Gasteiger partial charge is 0.407 e. The summed E-state index contributed by atoms with van der Waals surface area (Å²) < 4.78 is 5.16. The zero-order valence-corrected chi connectivity index (χ0v) is 14.2. The molecule has 1 aromatic carbocycles. The molecule has 2 atom stereocenters. The van der Waals surface area contributed by atoms with Gasteiger partial charge in [0.25, 0.3) is 0 Å². The number of nitro groups is 1. The van der Waals surface area contributed by atoms with Crippen LogP contribution in [0, 0.1) is 10.1 Å². The van der Waals surface area contributed by atoms with Crippen LogP contribution in [-0.4, -0.2) is 28.7 Å². The highest BCUT2D eigenvalue weighted by molar-refractivity contribution is 5.68. The average molecular weight is 322 g/mol. The fourth-order valence-corrected chi connectivity index (χ4v) is 2.26. The Bertz CT molecular complexity index is 511. The van der Waals surface area contributed by atoms with Gasteiger partial charge in [0.1, 0.15) is 5.60 Å². The molecule has 2 unspecified atom stereocenters. The summed E-state index contributed by atoms with van der Waals surface area (Å²) in [5.74, 6) is 0. The van der Waals surface area contributed by atoms with E-state index in [4.69, 9.17) is 4.74 Å². The SMILES string of the molecule is CC(CC(CCc1ccccc1)[N+](=O)[O-])NC(=O)OC(C)(C)C. The van der Waals surface area contributed by atoms with Crippen molar-refractivity contribution < 1.29 is 14.5 Å². The van der Waals surface area contributed by atoms with E-state index in [1.807, 2.05) is 30.3 Å². The molecule has 0 aliphatic rings. The molecule has 23 heavy (non-hydrogen) atoms. The molecule has 0 saturated heterocycles. The number of aryl methyl sites for hydroxylation is 1. The van der Waals surface area contributed by atoms with E-state index in [-0.39, 0.29) is 17.4 Å². The monoisotopic (exact) mass is 322 g/mol. The lowest BCUT2D eigenvalue weighted by Crippen LogP contribution is -2.40. The summed E-state index contributed by atoms with van der Waals surface area (Å²) >= 11 is 0. The number of rotatable bonds is 7. The van der Waals surface area contributed by atoms with Crippen LogP contribution in [0.4, 0.5) is 4.79 Å². The molecular formula is C17H26N2O4. The van der Waals surface area contributed by atoms with Crippen LogP contribution in [0.5, 0.6) is 0 Å². The third kappa shape index (κ3) is 8.18. The van der Waals surface area contributed by atoms with E-state index in [9.17, 15) is 14.9 Å². The summed E-state index contributed by atoms with van der Waals surface area (Å²) in [5.41, 5.74) is 0.492. The molecule has 0 aliphatic heterocycles. The second kappa shape index (κ2) is 8.50. The van der Waals surface area contributed by atoms with Crippen LogP contribution < -0.4 is 5.32 Å². The normalized spacial score (nSPS) is 13.9. The Morgan fingerprint density at radius 2 is 1.91 bits per heavy atom. The number of nitrogens with one attached hydrogen (secondary N) is 1. The van der Waals surface area contributed by atoms with Crippen LogP contribution in [-0.2, 0) is 11.2 Å². The molecule has 1 amide bonds. The van der Waals surface area contributed by atoms with Crippen LogP contribution in [0.25, 0.3) is 0 Å². The van der Waals surface area contributed by atoms with Crippen LogP contribution in [0.3, 0.4) is 0 Å². The maximum Gasteiger partial charge on any atom is 0.407 e. The summed E-state index contributed by atoms with van der Waals surface area (Å²) in [4.78, 5) is 22.7. The fraction of sp³-hybridized carbons (Fsp3) is 0.588. The van der Waals surface area contributed by atoms with Crippen molar-refractivity contribution in [3.8, 4) is 0 Å². The van der Waals surface area contributed by atoms with Gasteiger partial charge in [0.05, 0.1) is 0 Å². The Morgan fingerprint density at radius 3 is 2.43 bits per heavy atom. The van der Waals surface area contributed by atoms with Gasteiger partial charge in [0.15, 0.2) is 0 Å². The summed E-state index contributed by atoms with van der Waals surface area (Å²) in [5, 5.41) is 13.9. The molecule has 0 radical (unpaired) electrons. The third-order valence-electron chi connectivity index (χ3n) is 3.30. The molecular weight excluding hydrogens is 296 g/mol. The Morgan fingerprint density at radius 1 is 1.30 bits per heavy atom. The molecule has 0 fully saturated rings. The van der Waals surface area contributed by atoms with E-state index < -0.39 is 17.7 Å². The standard InChI is InChI=1S/C17H26N2O4/c1-13(18-16(20)23-17(2,3)4)12-15(19(21)22)11-10-14-8-6-5-7-9-14/h5-9,13,15H,10-12H2,1-4H3,(H,18,20). The quantitative estimate of drug-likeness (QED) is 0.614. The Labute approximate surface area is 137 Å². The Balaban J connectivity index is 2.48. The van der Waals surface area contributed by atoms with Gasteiger partial charge in [-0.05, 0) is 39.7 Å². The first-order valence-electron chi connectivity index (χ1n) is 7.84. The lowest BCUT2D eigenvalue weighted by Gasteiger charge is -2.22. The molecule has 6 heteroatoms. The van der Waals surface area contributed by atoms with Gasteiger partial charge in [0, 0.05) is 23.8 Å². The lowest BCUT2D eigenvalue weighted by atomic mass is 10.0. The number of nitrogens with zero attached hydrogens (tertiary/aromatic N) is 1.